The normalized spacial score (nSPS) is 12.3. The van der Waals surface area contributed by atoms with Crippen LogP contribution in [0.4, 0.5) is 10.1 Å². The predicted octanol–water partition coefficient (Wildman–Crippen LogP) is 3.39. The molecule has 2 rings (SSSR count). The second kappa shape index (κ2) is 12.8. The van der Waals surface area contributed by atoms with Gasteiger partial charge < -0.3 is 10.2 Å². The van der Waals surface area contributed by atoms with E-state index in [1.165, 1.54) is 37.2 Å². The van der Waals surface area contributed by atoms with E-state index in [0.29, 0.717) is 17.8 Å². The molecule has 2 aromatic rings. The van der Waals surface area contributed by atoms with Crippen molar-refractivity contribution in [3.05, 3.63) is 65.0 Å². The zero-order valence-corrected chi connectivity index (χ0v) is 22.7. The monoisotopic (exact) mass is 520 g/mol. The molecule has 1 atom stereocenters. The number of benzene rings is 2. The van der Waals surface area contributed by atoms with Crippen LogP contribution in [0.15, 0.2) is 42.5 Å². The summed E-state index contributed by atoms with van der Waals surface area (Å²) in [5.41, 5.74) is 2.09. The van der Waals surface area contributed by atoms with Crippen LogP contribution in [-0.2, 0) is 26.3 Å². The number of nitrogens with one attached hydrogen (secondary N) is 1. The fraction of sp³-hybridized carbons (Fsp3) is 0.462. The van der Waals surface area contributed by atoms with E-state index in [9.17, 15) is 22.4 Å². The van der Waals surface area contributed by atoms with Crippen molar-refractivity contribution in [3.8, 4) is 0 Å². The van der Waals surface area contributed by atoms with Crippen molar-refractivity contribution >= 4 is 27.7 Å². The second-order valence-electron chi connectivity index (χ2n) is 9.02. The number of aryl methyl sites for hydroxylation is 2. The predicted molar refractivity (Wildman–Crippen MR) is 140 cm³/mol. The maximum atomic E-state index is 14.5. The van der Waals surface area contributed by atoms with Crippen LogP contribution in [0, 0.1) is 19.7 Å². The Hall–Kier alpha value is -2.98. The minimum atomic E-state index is -4.06. The summed E-state index contributed by atoms with van der Waals surface area (Å²) in [4.78, 5) is 27.8. The molecule has 0 saturated carbocycles. The van der Waals surface area contributed by atoms with Crippen molar-refractivity contribution in [2.75, 3.05) is 31.5 Å². The molecule has 1 N–H and O–H groups in total. The van der Waals surface area contributed by atoms with Crippen LogP contribution >= 0.6 is 0 Å². The van der Waals surface area contributed by atoms with Crippen LogP contribution in [0.5, 0.6) is 0 Å². The highest BCUT2D eigenvalue weighted by Gasteiger charge is 2.33. The topological polar surface area (TPSA) is 90.0 Å². The minimum absolute atomic E-state index is 0.184. The van der Waals surface area contributed by atoms with Gasteiger partial charge in [-0.25, -0.2) is 8.70 Å². The summed E-state index contributed by atoms with van der Waals surface area (Å²) in [6, 6.07) is 10.4. The molecule has 8 nitrogen and oxygen atoms in total. The summed E-state index contributed by atoms with van der Waals surface area (Å²) in [6.45, 7) is 6.86. The molecule has 0 radical (unpaired) electrons. The molecule has 0 bridgehead atoms. The van der Waals surface area contributed by atoms with Crippen molar-refractivity contribution in [2.24, 2.45) is 0 Å². The number of nitrogens with zero attached hydrogens (tertiary/aromatic N) is 3. The standard InChI is InChI=1S/C26H37FN4O4S/c1-7-8-15-28-26(33)21(4)30(17-22-11-9-10-12-23(22)27)25(32)18-31(36(34,35)29(5)6)24-16-19(2)13-14-20(24)3/h9-14,16,21H,7-8,15,17-18H2,1-6H3,(H,28,33)/t21-/m0/s1. The van der Waals surface area contributed by atoms with E-state index in [0.717, 1.165) is 27.0 Å². The first-order chi connectivity index (χ1) is 16.9. The highest BCUT2D eigenvalue weighted by molar-refractivity contribution is 7.90. The second-order valence-corrected chi connectivity index (χ2v) is 11.1. The molecule has 0 fully saturated rings. The molecular formula is C26H37FN4O4S. The Bertz CT molecular complexity index is 1170. The Labute approximate surface area is 214 Å². The Morgan fingerprint density at radius 1 is 1.08 bits per heavy atom. The van der Waals surface area contributed by atoms with Crippen LogP contribution in [0.2, 0.25) is 0 Å². The third kappa shape index (κ3) is 7.27. The molecule has 10 heteroatoms. The molecule has 36 heavy (non-hydrogen) atoms. The molecule has 0 spiro atoms. The van der Waals surface area contributed by atoms with Gasteiger partial charge in [-0.15, -0.1) is 0 Å². The Morgan fingerprint density at radius 3 is 2.36 bits per heavy atom. The van der Waals surface area contributed by atoms with Gasteiger partial charge >= 0.3 is 10.2 Å². The Balaban J connectivity index is 2.48. The van der Waals surface area contributed by atoms with E-state index in [1.807, 2.05) is 19.9 Å². The number of hydrogen-bond acceptors (Lipinski definition) is 4. The lowest BCUT2D eigenvalue weighted by Gasteiger charge is -2.33. The first-order valence-electron chi connectivity index (χ1n) is 12.0. The van der Waals surface area contributed by atoms with Gasteiger partial charge in [0.05, 0.1) is 5.69 Å². The van der Waals surface area contributed by atoms with Gasteiger partial charge in [-0.2, -0.15) is 12.7 Å². The summed E-state index contributed by atoms with van der Waals surface area (Å²) in [5, 5.41) is 2.80. The van der Waals surface area contributed by atoms with E-state index in [2.05, 4.69) is 5.32 Å². The number of hydrogen-bond donors (Lipinski definition) is 1. The molecule has 198 valence electrons. The zero-order valence-electron chi connectivity index (χ0n) is 21.9. The van der Waals surface area contributed by atoms with Crippen LogP contribution in [0.25, 0.3) is 0 Å². The van der Waals surface area contributed by atoms with E-state index in [1.54, 1.807) is 32.0 Å². The smallest absolute Gasteiger partial charge is 0.304 e. The third-order valence-electron chi connectivity index (χ3n) is 5.95. The first kappa shape index (κ1) is 29.3. The maximum absolute atomic E-state index is 14.5. The summed E-state index contributed by atoms with van der Waals surface area (Å²) >= 11 is 0. The lowest BCUT2D eigenvalue weighted by Crippen LogP contribution is -2.52. The van der Waals surface area contributed by atoms with Gasteiger partial charge in [0.2, 0.25) is 11.8 Å². The molecule has 0 aliphatic rings. The van der Waals surface area contributed by atoms with Crippen molar-refractivity contribution < 1.29 is 22.4 Å². The van der Waals surface area contributed by atoms with Gasteiger partial charge in [0, 0.05) is 32.7 Å². The lowest BCUT2D eigenvalue weighted by molar-refractivity contribution is -0.139. The van der Waals surface area contributed by atoms with Crippen molar-refractivity contribution in [1.82, 2.24) is 14.5 Å². The average Bonchev–Trinajstić information content (AvgIpc) is 2.83. The summed E-state index contributed by atoms with van der Waals surface area (Å²) in [5.74, 6) is -1.52. The van der Waals surface area contributed by atoms with Gasteiger partial charge in [-0.3, -0.25) is 9.59 Å². The number of carbonyl (C=O) groups is 2. The van der Waals surface area contributed by atoms with Crippen molar-refractivity contribution in [1.29, 1.82) is 0 Å². The molecule has 0 saturated heterocycles. The first-order valence-corrected chi connectivity index (χ1v) is 13.4. The molecule has 2 amide bonds. The molecule has 0 aliphatic heterocycles. The van der Waals surface area contributed by atoms with Crippen LogP contribution in [-0.4, -0.2) is 62.7 Å². The summed E-state index contributed by atoms with van der Waals surface area (Å²) in [7, 11) is -1.28. The van der Waals surface area contributed by atoms with Crippen molar-refractivity contribution in [3.63, 3.8) is 0 Å². The van der Waals surface area contributed by atoms with E-state index < -0.39 is 34.5 Å². The van der Waals surface area contributed by atoms with E-state index in [-0.39, 0.29) is 18.0 Å². The molecular weight excluding hydrogens is 483 g/mol. The SMILES string of the molecule is CCCCNC(=O)[C@H](C)N(Cc1ccccc1F)C(=O)CN(c1cc(C)ccc1C)S(=O)(=O)N(C)C. The van der Waals surface area contributed by atoms with E-state index >= 15 is 0 Å². The quantitative estimate of drug-likeness (QED) is 0.435. The number of anilines is 1. The fourth-order valence-corrected chi connectivity index (χ4v) is 4.73. The van der Waals surface area contributed by atoms with Gasteiger partial charge in [-0.05, 0) is 50.5 Å². The molecule has 0 unspecified atom stereocenters. The highest BCUT2D eigenvalue weighted by atomic mass is 32.2. The van der Waals surface area contributed by atoms with Crippen LogP contribution < -0.4 is 9.62 Å². The summed E-state index contributed by atoms with van der Waals surface area (Å²) < 4.78 is 43.1. The van der Waals surface area contributed by atoms with Crippen LogP contribution in [0.1, 0.15) is 43.4 Å². The largest absolute Gasteiger partial charge is 0.354 e. The third-order valence-corrected chi connectivity index (χ3v) is 7.75. The number of amides is 2. The number of unbranched alkanes of at least 4 members (excludes halogenated alkanes) is 1. The van der Waals surface area contributed by atoms with E-state index in [4.69, 9.17) is 0 Å². The maximum Gasteiger partial charge on any atom is 0.304 e. The number of carbonyl (C=O) groups excluding carboxylic acids is 2. The Morgan fingerprint density at radius 2 is 1.75 bits per heavy atom. The highest BCUT2D eigenvalue weighted by Crippen LogP contribution is 2.26. The lowest BCUT2D eigenvalue weighted by atomic mass is 10.1. The number of halogens is 1. The summed E-state index contributed by atoms with van der Waals surface area (Å²) in [6.07, 6.45) is 1.67. The van der Waals surface area contributed by atoms with Crippen molar-refractivity contribution in [2.45, 2.75) is 53.1 Å². The molecule has 0 aliphatic carbocycles. The average molecular weight is 521 g/mol. The molecule has 0 aromatic heterocycles. The minimum Gasteiger partial charge on any atom is -0.354 e. The fourth-order valence-electron chi connectivity index (χ4n) is 3.62. The molecule has 2 aromatic carbocycles. The Kier molecular flexibility index (Phi) is 10.4. The number of rotatable bonds is 12. The zero-order chi connectivity index (χ0) is 27.0. The van der Waals surface area contributed by atoms with Gasteiger partial charge in [0.15, 0.2) is 0 Å². The van der Waals surface area contributed by atoms with Crippen LogP contribution in [0.3, 0.4) is 0 Å². The van der Waals surface area contributed by atoms with Gasteiger partial charge in [0.25, 0.3) is 0 Å². The molecule has 0 heterocycles. The van der Waals surface area contributed by atoms with Gasteiger partial charge in [0.1, 0.15) is 18.4 Å². The van der Waals surface area contributed by atoms with Gasteiger partial charge in [-0.1, -0.05) is 43.7 Å².